The van der Waals surface area contributed by atoms with E-state index in [1.54, 1.807) is 18.2 Å². The maximum absolute atomic E-state index is 12.1. The van der Waals surface area contributed by atoms with E-state index in [1.807, 2.05) is 0 Å². The average molecular weight is 282 g/mol. The van der Waals surface area contributed by atoms with Gasteiger partial charge in [0.1, 0.15) is 0 Å². The molecule has 104 valence electrons. The zero-order valence-corrected chi connectivity index (χ0v) is 11.9. The van der Waals surface area contributed by atoms with Crippen LogP contribution < -0.4 is 11.1 Å². The Bertz CT molecular complexity index is 464. The fraction of sp³-hybridized carbons (Fsp3) is 0.500. The van der Waals surface area contributed by atoms with E-state index in [9.17, 15) is 4.79 Å². The highest BCUT2D eigenvalue weighted by molar-refractivity contribution is 6.36. The third-order valence-electron chi connectivity index (χ3n) is 3.68. The van der Waals surface area contributed by atoms with E-state index in [4.69, 9.17) is 17.3 Å². The van der Waals surface area contributed by atoms with Gasteiger partial charge >= 0.3 is 0 Å². The molecule has 0 radical (unpaired) electrons. The molecule has 4 nitrogen and oxygen atoms in total. The van der Waals surface area contributed by atoms with Gasteiger partial charge in [-0.05, 0) is 38.1 Å². The number of likely N-dealkylation sites (N-methyl/N-ethyl adjacent to an activating group) is 1. The second-order valence-corrected chi connectivity index (χ2v) is 5.22. The first-order chi connectivity index (χ1) is 9.13. The van der Waals surface area contributed by atoms with Gasteiger partial charge in [0.25, 0.3) is 5.91 Å². The standard InChI is InChI=1S/C14H20ClN3O/c1-2-18-8-4-5-10(18)9-17-14(19)11-6-3-7-12(16)13(11)15/h3,6-7,10H,2,4-5,8-9,16H2,1H3,(H,17,19). The van der Waals surface area contributed by atoms with Crippen molar-refractivity contribution in [3.8, 4) is 0 Å². The SMILES string of the molecule is CCN1CCCC1CNC(=O)c1cccc(N)c1Cl. The van der Waals surface area contributed by atoms with Crippen molar-refractivity contribution >= 4 is 23.2 Å². The summed E-state index contributed by atoms with van der Waals surface area (Å²) in [6.07, 6.45) is 2.34. The number of hydrogen-bond acceptors (Lipinski definition) is 3. The molecule has 1 aliphatic heterocycles. The minimum atomic E-state index is -0.153. The van der Waals surface area contributed by atoms with Crippen LogP contribution in [0, 0.1) is 0 Å². The summed E-state index contributed by atoms with van der Waals surface area (Å²) in [7, 11) is 0. The zero-order valence-electron chi connectivity index (χ0n) is 11.2. The number of benzene rings is 1. The van der Waals surface area contributed by atoms with Gasteiger partial charge in [0.05, 0.1) is 16.3 Å². The summed E-state index contributed by atoms with van der Waals surface area (Å²) < 4.78 is 0. The Morgan fingerprint density at radius 2 is 2.37 bits per heavy atom. The van der Waals surface area contributed by atoms with Crippen LogP contribution in [-0.2, 0) is 0 Å². The molecule has 1 aromatic carbocycles. The molecule has 2 rings (SSSR count). The monoisotopic (exact) mass is 281 g/mol. The smallest absolute Gasteiger partial charge is 0.252 e. The van der Waals surface area contributed by atoms with Crippen molar-refractivity contribution in [1.82, 2.24) is 10.2 Å². The number of likely N-dealkylation sites (tertiary alicyclic amines) is 1. The number of nitrogens with two attached hydrogens (primary N) is 1. The van der Waals surface area contributed by atoms with E-state index in [0.29, 0.717) is 28.9 Å². The molecule has 0 aliphatic carbocycles. The molecule has 1 amide bonds. The number of rotatable bonds is 4. The number of carbonyl (C=O) groups is 1. The van der Waals surface area contributed by atoms with Gasteiger partial charge in [-0.2, -0.15) is 0 Å². The number of nitrogens with one attached hydrogen (secondary N) is 1. The van der Waals surface area contributed by atoms with E-state index < -0.39 is 0 Å². The van der Waals surface area contributed by atoms with E-state index in [-0.39, 0.29) is 5.91 Å². The Balaban J connectivity index is 1.96. The number of amides is 1. The summed E-state index contributed by atoms with van der Waals surface area (Å²) >= 11 is 6.04. The molecule has 0 aromatic heterocycles. The summed E-state index contributed by atoms with van der Waals surface area (Å²) in [6, 6.07) is 5.56. The lowest BCUT2D eigenvalue weighted by atomic mass is 10.1. The molecule has 3 N–H and O–H groups in total. The summed E-state index contributed by atoms with van der Waals surface area (Å²) in [5.41, 5.74) is 6.58. The normalized spacial score (nSPS) is 19.6. The number of carbonyl (C=O) groups excluding carboxylic acids is 1. The van der Waals surface area contributed by atoms with Gasteiger partial charge in [-0.15, -0.1) is 0 Å². The first kappa shape index (κ1) is 14.2. The molecule has 5 heteroatoms. The van der Waals surface area contributed by atoms with E-state index in [2.05, 4.69) is 17.1 Å². The molecule has 0 spiro atoms. The third kappa shape index (κ3) is 3.19. The van der Waals surface area contributed by atoms with Gasteiger partial charge < -0.3 is 11.1 Å². The predicted molar refractivity (Wildman–Crippen MR) is 78.5 cm³/mol. The maximum atomic E-state index is 12.1. The molecule has 19 heavy (non-hydrogen) atoms. The second-order valence-electron chi connectivity index (χ2n) is 4.84. The van der Waals surface area contributed by atoms with Crippen LogP contribution in [0.3, 0.4) is 0 Å². The van der Waals surface area contributed by atoms with E-state index >= 15 is 0 Å². The van der Waals surface area contributed by atoms with Crippen LogP contribution in [0.25, 0.3) is 0 Å². The number of halogens is 1. The fourth-order valence-electron chi connectivity index (χ4n) is 2.57. The molecule has 0 bridgehead atoms. The van der Waals surface area contributed by atoms with Crippen LogP contribution in [0.5, 0.6) is 0 Å². The molecule has 1 unspecified atom stereocenters. The topological polar surface area (TPSA) is 58.4 Å². The van der Waals surface area contributed by atoms with E-state index in [1.165, 1.54) is 6.42 Å². The molecule has 1 aliphatic rings. The highest BCUT2D eigenvalue weighted by atomic mass is 35.5. The number of nitrogen functional groups attached to an aromatic ring is 1. The summed E-state index contributed by atoms with van der Waals surface area (Å²) in [5.74, 6) is -0.153. The lowest BCUT2D eigenvalue weighted by molar-refractivity contribution is 0.0941. The van der Waals surface area contributed by atoms with Crippen molar-refractivity contribution in [3.63, 3.8) is 0 Å². The Morgan fingerprint density at radius 1 is 1.58 bits per heavy atom. The third-order valence-corrected chi connectivity index (χ3v) is 4.10. The van der Waals surface area contributed by atoms with Gasteiger partial charge in [-0.25, -0.2) is 0 Å². The first-order valence-corrected chi connectivity index (χ1v) is 7.07. The van der Waals surface area contributed by atoms with Gasteiger partial charge in [0.15, 0.2) is 0 Å². The summed E-state index contributed by atoms with van der Waals surface area (Å²) in [4.78, 5) is 14.5. The second kappa shape index (κ2) is 6.26. The Kier molecular flexibility index (Phi) is 4.66. The van der Waals surface area contributed by atoms with Crippen LogP contribution in [0.1, 0.15) is 30.1 Å². The minimum absolute atomic E-state index is 0.153. The quantitative estimate of drug-likeness (QED) is 0.832. The lowest BCUT2D eigenvalue weighted by Crippen LogP contribution is -2.40. The van der Waals surface area contributed by atoms with Gasteiger partial charge in [-0.1, -0.05) is 24.6 Å². The molecule has 1 atom stereocenters. The Hall–Kier alpha value is -1.26. The van der Waals surface area contributed by atoms with Crippen LogP contribution in [0.2, 0.25) is 5.02 Å². The molecular formula is C14H20ClN3O. The zero-order chi connectivity index (χ0) is 13.8. The van der Waals surface area contributed by atoms with Crippen molar-refractivity contribution in [3.05, 3.63) is 28.8 Å². The Morgan fingerprint density at radius 3 is 3.11 bits per heavy atom. The molecule has 1 saturated heterocycles. The highest BCUT2D eigenvalue weighted by Gasteiger charge is 2.23. The number of hydrogen-bond donors (Lipinski definition) is 2. The van der Waals surface area contributed by atoms with Crippen molar-refractivity contribution in [2.24, 2.45) is 0 Å². The van der Waals surface area contributed by atoms with Crippen LogP contribution in [0.4, 0.5) is 5.69 Å². The van der Waals surface area contributed by atoms with Gasteiger partial charge in [0.2, 0.25) is 0 Å². The summed E-state index contributed by atoms with van der Waals surface area (Å²) in [5, 5.41) is 3.28. The van der Waals surface area contributed by atoms with Crippen molar-refractivity contribution < 1.29 is 4.79 Å². The summed E-state index contributed by atoms with van der Waals surface area (Å²) in [6.45, 7) is 4.96. The van der Waals surface area contributed by atoms with Crippen LogP contribution in [-0.4, -0.2) is 36.5 Å². The largest absolute Gasteiger partial charge is 0.398 e. The fourth-order valence-corrected chi connectivity index (χ4v) is 2.79. The molecule has 0 saturated carbocycles. The molecule has 1 aromatic rings. The predicted octanol–water partition coefficient (Wildman–Crippen LogP) is 2.14. The number of anilines is 1. The molecular weight excluding hydrogens is 262 g/mol. The average Bonchev–Trinajstić information content (AvgIpc) is 2.86. The van der Waals surface area contributed by atoms with Crippen molar-refractivity contribution in [2.45, 2.75) is 25.8 Å². The maximum Gasteiger partial charge on any atom is 0.252 e. The lowest BCUT2D eigenvalue weighted by Gasteiger charge is -2.23. The van der Waals surface area contributed by atoms with Crippen molar-refractivity contribution in [1.29, 1.82) is 0 Å². The highest BCUT2D eigenvalue weighted by Crippen LogP contribution is 2.23. The molecule has 1 fully saturated rings. The van der Waals surface area contributed by atoms with Crippen LogP contribution >= 0.6 is 11.6 Å². The van der Waals surface area contributed by atoms with Crippen molar-refractivity contribution in [2.75, 3.05) is 25.4 Å². The van der Waals surface area contributed by atoms with E-state index in [0.717, 1.165) is 19.5 Å². The van der Waals surface area contributed by atoms with Gasteiger partial charge in [-0.3, -0.25) is 9.69 Å². The van der Waals surface area contributed by atoms with Crippen LogP contribution in [0.15, 0.2) is 18.2 Å². The minimum Gasteiger partial charge on any atom is -0.398 e. The first-order valence-electron chi connectivity index (χ1n) is 6.69. The Labute approximate surface area is 118 Å². The van der Waals surface area contributed by atoms with Gasteiger partial charge in [0, 0.05) is 12.6 Å². The number of nitrogens with zero attached hydrogens (tertiary/aromatic N) is 1. The molecule has 1 heterocycles.